The molecule has 1 rings (SSSR count). The lowest BCUT2D eigenvalue weighted by molar-refractivity contribution is 1.22. The molecule has 2 heteroatoms. The maximum Gasteiger partial charge on any atom is 0.0640 e. The van der Waals surface area contributed by atoms with Gasteiger partial charge in [0.25, 0.3) is 0 Å². The predicted octanol–water partition coefficient (Wildman–Crippen LogP) is 0.470. The Bertz CT molecular complexity index is 154. The fourth-order valence-electron chi connectivity index (χ4n) is 0.591. The topological polar surface area (TPSA) is 38.4 Å². The lowest BCUT2D eigenvalue weighted by atomic mass is 10.3. The minimum atomic E-state index is 0.785. The summed E-state index contributed by atoms with van der Waals surface area (Å²) in [4.78, 5) is 3.96. The first-order chi connectivity index (χ1) is 3.93. The molecular weight excluding hydrogens is 100 g/mol. The third-order valence-corrected chi connectivity index (χ3v) is 0.978. The molecule has 2 nitrogen and oxygen atoms in total. The average Bonchev–Trinajstić information content (AvgIpc) is 2.19. The molecule has 42 valence electrons. The molecule has 0 atom stereocenters. The Morgan fingerprint density at radius 3 is 3.12 bits per heavy atom. The van der Waals surface area contributed by atoms with E-state index in [1.165, 1.54) is 11.8 Å². The van der Waals surface area contributed by atoms with E-state index in [4.69, 9.17) is 5.73 Å². The van der Waals surface area contributed by atoms with Crippen molar-refractivity contribution in [1.82, 2.24) is 0 Å². The average molecular weight is 108 g/mol. The summed E-state index contributed by atoms with van der Waals surface area (Å²) in [6, 6.07) is 0. The first-order valence-electron chi connectivity index (χ1n) is 2.51. The minimum absolute atomic E-state index is 0.785. The van der Waals surface area contributed by atoms with Gasteiger partial charge in [-0.15, -0.1) is 0 Å². The highest BCUT2D eigenvalue weighted by Gasteiger charge is 1.91. The highest BCUT2D eigenvalue weighted by atomic mass is 14.7. The van der Waals surface area contributed by atoms with Crippen molar-refractivity contribution < 1.29 is 0 Å². The van der Waals surface area contributed by atoms with Crippen molar-refractivity contribution in [2.24, 2.45) is 10.7 Å². The molecule has 1 aliphatic rings. The third-order valence-electron chi connectivity index (χ3n) is 0.978. The second-order valence-corrected chi connectivity index (χ2v) is 1.59. The van der Waals surface area contributed by atoms with Crippen molar-refractivity contribution in [3.63, 3.8) is 0 Å². The SMILES string of the molecule is N/C=C/C1=CC=NC1. The quantitative estimate of drug-likeness (QED) is 0.521. The molecule has 0 aromatic heterocycles. The summed E-state index contributed by atoms with van der Waals surface area (Å²) < 4.78 is 0. The lowest BCUT2D eigenvalue weighted by Gasteiger charge is -1.84. The van der Waals surface area contributed by atoms with Gasteiger partial charge in [0, 0.05) is 6.21 Å². The molecule has 0 bridgehead atoms. The van der Waals surface area contributed by atoms with Gasteiger partial charge in [-0.25, -0.2) is 0 Å². The molecule has 0 aliphatic carbocycles. The van der Waals surface area contributed by atoms with Crippen LogP contribution in [0.25, 0.3) is 0 Å². The highest BCUT2D eigenvalue weighted by molar-refractivity contribution is 5.76. The summed E-state index contributed by atoms with van der Waals surface area (Å²) in [6.07, 6.45) is 7.12. The Hall–Kier alpha value is -1.05. The van der Waals surface area contributed by atoms with Crippen molar-refractivity contribution in [3.05, 3.63) is 23.9 Å². The molecule has 2 N–H and O–H groups in total. The molecule has 0 fully saturated rings. The lowest BCUT2D eigenvalue weighted by Crippen LogP contribution is -1.81. The fourth-order valence-corrected chi connectivity index (χ4v) is 0.591. The van der Waals surface area contributed by atoms with Crippen molar-refractivity contribution in [2.45, 2.75) is 0 Å². The van der Waals surface area contributed by atoms with Crippen LogP contribution in [-0.2, 0) is 0 Å². The molecule has 1 heterocycles. The number of aliphatic imine (C=N–C) groups is 1. The van der Waals surface area contributed by atoms with E-state index >= 15 is 0 Å². The van der Waals surface area contributed by atoms with Gasteiger partial charge in [-0.1, -0.05) is 0 Å². The second kappa shape index (κ2) is 2.31. The van der Waals surface area contributed by atoms with Gasteiger partial charge >= 0.3 is 0 Å². The van der Waals surface area contributed by atoms with Crippen LogP contribution in [0.5, 0.6) is 0 Å². The van der Waals surface area contributed by atoms with Crippen LogP contribution in [0.1, 0.15) is 0 Å². The zero-order chi connectivity index (χ0) is 5.82. The largest absolute Gasteiger partial charge is 0.405 e. The van der Waals surface area contributed by atoms with Crippen LogP contribution in [0, 0.1) is 0 Å². The summed E-state index contributed by atoms with van der Waals surface area (Å²) in [7, 11) is 0. The zero-order valence-electron chi connectivity index (χ0n) is 4.54. The third kappa shape index (κ3) is 0.964. The Labute approximate surface area is 48.4 Å². The zero-order valence-corrected chi connectivity index (χ0v) is 4.54. The highest BCUT2D eigenvalue weighted by Crippen LogP contribution is 1.99. The van der Waals surface area contributed by atoms with Crippen molar-refractivity contribution in [3.8, 4) is 0 Å². The van der Waals surface area contributed by atoms with Crippen LogP contribution in [-0.4, -0.2) is 12.8 Å². The van der Waals surface area contributed by atoms with Crippen LogP contribution in [0.3, 0.4) is 0 Å². The fraction of sp³-hybridized carbons (Fsp3) is 0.167. The Balaban J connectivity index is 2.51. The number of rotatable bonds is 1. The molecule has 0 unspecified atom stereocenters. The number of hydrogen-bond acceptors (Lipinski definition) is 2. The number of hydrogen-bond donors (Lipinski definition) is 1. The molecule has 0 radical (unpaired) electrons. The van der Waals surface area contributed by atoms with Gasteiger partial charge in [-0.2, -0.15) is 0 Å². The van der Waals surface area contributed by atoms with E-state index in [1.54, 1.807) is 6.21 Å². The molecular formula is C6H8N2. The Morgan fingerprint density at radius 2 is 2.62 bits per heavy atom. The monoisotopic (exact) mass is 108 g/mol. The van der Waals surface area contributed by atoms with Crippen LogP contribution >= 0.6 is 0 Å². The van der Waals surface area contributed by atoms with Gasteiger partial charge in [-0.05, 0) is 23.9 Å². The number of nitrogens with two attached hydrogens (primary N) is 1. The Kier molecular flexibility index (Phi) is 1.47. The van der Waals surface area contributed by atoms with Crippen LogP contribution in [0.15, 0.2) is 28.9 Å². The van der Waals surface area contributed by atoms with E-state index in [1.807, 2.05) is 12.2 Å². The van der Waals surface area contributed by atoms with E-state index in [0.717, 1.165) is 6.54 Å². The standard InChI is InChI=1S/C6H8N2/c7-3-1-6-2-4-8-5-6/h1-4H,5,7H2/b3-1+. The van der Waals surface area contributed by atoms with Gasteiger partial charge in [-0.3, -0.25) is 4.99 Å². The van der Waals surface area contributed by atoms with Gasteiger partial charge in [0.05, 0.1) is 6.54 Å². The van der Waals surface area contributed by atoms with Crippen molar-refractivity contribution >= 4 is 6.21 Å². The van der Waals surface area contributed by atoms with E-state index < -0.39 is 0 Å². The minimum Gasteiger partial charge on any atom is -0.405 e. The van der Waals surface area contributed by atoms with Gasteiger partial charge in [0.2, 0.25) is 0 Å². The maximum atomic E-state index is 5.13. The summed E-state index contributed by atoms with van der Waals surface area (Å²) in [5.74, 6) is 0. The van der Waals surface area contributed by atoms with E-state index in [0.29, 0.717) is 0 Å². The first kappa shape index (κ1) is 5.09. The van der Waals surface area contributed by atoms with Crippen LogP contribution in [0.4, 0.5) is 0 Å². The van der Waals surface area contributed by atoms with E-state index in [9.17, 15) is 0 Å². The van der Waals surface area contributed by atoms with E-state index in [2.05, 4.69) is 4.99 Å². The maximum absolute atomic E-state index is 5.13. The summed E-state index contributed by atoms with van der Waals surface area (Å²) >= 11 is 0. The van der Waals surface area contributed by atoms with E-state index in [-0.39, 0.29) is 0 Å². The molecule has 0 spiro atoms. The van der Waals surface area contributed by atoms with Gasteiger partial charge in [0.1, 0.15) is 0 Å². The van der Waals surface area contributed by atoms with Gasteiger partial charge in [0.15, 0.2) is 0 Å². The van der Waals surface area contributed by atoms with Crippen molar-refractivity contribution in [1.29, 1.82) is 0 Å². The number of nitrogens with zero attached hydrogens (tertiary/aromatic N) is 1. The molecule has 0 aromatic rings. The Morgan fingerprint density at radius 1 is 1.75 bits per heavy atom. The summed E-state index contributed by atoms with van der Waals surface area (Å²) in [5, 5.41) is 0. The van der Waals surface area contributed by atoms with Crippen LogP contribution in [0.2, 0.25) is 0 Å². The second-order valence-electron chi connectivity index (χ2n) is 1.59. The molecule has 0 amide bonds. The summed E-state index contributed by atoms with van der Waals surface area (Å²) in [5.41, 5.74) is 6.31. The molecule has 8 heavy (non-hydrogen) atoms. The number of allylic oxidation sites excluding steroid dienone is 1. The van der Waals surface area contributed by atoms with Crippen molar-refractivity contribution in [2.75, 3.05) is 6.54 Å². The summed E-state index contributed by atoms with van der Waals surface area (Å²) in [6.45, 7) is 0.785. The molecule has 1 aliphatic heterocycles. The molecule has 0 aromatic carbocycles. The smallest absolute Gasteiger partial charge is 0.0640 e. The van der Waals surface area contributed by atoms with Gasteiger partial charge < -0.3 is 5.73 Å². The molecule has 0 saturated carbocycles. The predicted molar refractivity (Wildman–Crippen MR) is 34.8 cm³/mol. The van der Waals surface area contributed by atoms with Crippen LogP contribution < -0.4 is 5.73 Å². The normalized spacial score (nSPS) is 17.8. The molecule has 0 saturated heterocycles. The first-order valence-corrected chi connectivity index (χ1v) is 2.51.